The van der Waals surface area contributed by atoms with Crippen molar-refractivity contribution in [1.29, 1.82) is 0 Å². The molecule has 2 aromatic heterocycles. The van der Waals surface area contributed by atoms with Crippen LogP contribution in [-0.4, -0.2) is 27.3 Å². The molecule has 0 fully saturated rings. The van der Waals surface area contributed by atoms with E-state index in [-0.39, 0.29) is 0 Å². The molecule has 0 aliphatic carbocycles. The van der Waals surface area contributed by atoms with E-state index in [9.17, 15) is 0 Å². The van der Waals surface area contributed by atoms with Gasteiger partial charge in [-0.25, -0.2) is 4.98 Å². The summed E-state index contributed by atoms with van der Waals surface area (Å²) in [7, 11) is 0. The van der Waals surface area contributed by atoms with Crippen molar-refractivity contribution in [2.24, 2.45) is 0 Å². The number of hydrogen-bond acceptors (Lipinski definition) is 5. The second kappa shape index (κ2) is 7.94. The number of H-pyrrole nitrogens is 1. The molecule has 0 bridgehead atoms. The number of aromatic nitrogens is 3. The molecule has 4 nitrogen and oxygen atoms in total. The van der Waals surface area contributed by atoms with Crippen LogP contribution in [0.25, 0.3) is 11.0 Å². The zero-order chi connectivity index (χ0) is 16.9. The Morgan fingerprint density at radius 3 is 2.83 bits per heavy atom. The van der Waals surface area contributed by atoms with Crippen molar-refractivity contribution in [3.63, 3.8) is 0 Å². The summed E-state index contributed by atoms with van der Waals surface area (Å²) in [5, 5.41) is 0.911. The maximum absolute atomic E-state index is 5.54. The molecule has 3 aromatic rings. The van der Waals surface area contributed by atoms with Crippen molar-refractivity contribution in [3.8, 4) is 5.75 Å². The van der Waals surface area contributed by atoms with E-state index < -0.39 is 0 Å². The topological polar surface area (TPSA) is 50.8 Å². The van der Waals surface area contributed by atoms with Gasteiger partial charge in [0.25, 0.3) is 0 Å². The van der Waals surface area contributed by atoms with Gasteiger partial charge < -0.3 is 9.72 Å². The molecular weight excluding hydrogens is 338 g/mol. The Labute approximate surface area is 150 Å². The molecule has 0 saturated heterocycles. The van der Waals surface area contributed by atoms with Crippen LogP contribution in [-0.2, 0) is 5.75 Å². The normalized spacial score (nSPS) is 11.1. The summed E-state index contributed by atoms with van der Waals surface area (Å²) in [5.74, 6) is 2.75. The van der Waals surface area contributed by atoms with Gasteiger partial charge in [0.1, 0.15) is 5.75 Å². The zero-order valence-corrected chi connectivity index (χ0v) is 15.8. The fourth-order valence-electron chi connectivity index (χ4n) is 2.44. The Morgan fingerprint density at radius 1 is 1.17 bits per heavy atom. The molecule has 0 aliphatic heterocycles. The van der Waals surface area contributed by atoms with E-state index in [0.717, 1.165) is 39.1 Å². The van der Waals surface area contributed by atoms with Crippen LogP contribution in [0.1, 0.15) is 25.1 Å². The van der Waals surface area contributed by atoms with Gasteiger partial charge >= 0.3 is 0 Å². The van der Waals surface area contributed by atoms with Crippen LogP contribution in [0.2, 0.25) is 0 Å². The van der Waals surface area contributed by atoms with Crippen LogP contribution < -0.4 is 4.74 Å². The summed E-state index contributed by atoms with van der Waals surface area (Å²) < 4.78 is 5.54. The first-order valence-electron chi connectivity index (χ1n) is 8.04. The number of rotatable bonds is 7. The Balaban J connectivity index is 1.75. The molecule has 0 atom stereocenters. The van der Waals surface area contributed by atoms with Gasteiger partial charge in [-0.3, -0.25) is 4.98 Å². The smallest absolute Gasteiger partial charge is 0.166 e. The van der Waals surface area contributed by atoms with Crippen molar-refractivity contribution in [2.45, 2.75) is 36.6 Å². The van der Waals surface area contributed by atoms with Crippen LogP contribution >= 0.6 is 23.5 Å². The number of thioether (sulfide) groups is 2. The van der Waals surface area contributed by atoms with Gasteiger partial charge in [-0.05, 0) is 43.4 Å². The lowest BCUT2D eigenvalue weighted by molar-refractivity contribution is 0.340. The molecule has 2 heterocycles. The molecule has 1 aromatic carbocycles. The molecule has 24 heavy (non-hydrogen) atoms. The maximum Gasteiger partial charge on any atom is 0.166 e. The Bertz CT molecular complexity index is 832. The number of fused-ring (bicyclic) bond motifs is 1. The molecule has 0 spiro atoms. The molecule has 0 unspecified atom stereocenters. The first-order valence-corrected chi connectivity index (χ1v) is 10.0. The van der Waals surface area contributed by atoms with Gasteiger partial charge in [0.15, 0.2) is 5.16 Å². The highest BCUT2D eigenvalue weighted by molar-refractivity contribution is 7.99. The van der Waals surface area contributed by atoms with Crippen molar-refractivity contribution < 1.29 is 4.74 Å². The molecule has 0 aliphatic rings. The van der Waals surface area contributed by atoms with E-state index in [1.165, 1.54) is 10.5 Å². The number of benzene rings is 1. The second-order valence-electron chi connectivity index (χ2n) is 5.26. The lowest BCUT2D eigenvalue weighted by atomic mass is 10.2. The number of imidazole rings is 1. The lowest BCUT2D eigenvalue weighted by Crippen LogP contribution is -1.94. The summed E-state index contributed by atoms with van der Waals surface area (Å²) in [6.45, 7) is 6.97. The summed E-state index contributed by atoms with van der Waals surface area (Å²) in [6, 6.07) is 8.03. The van der Waals surface area contributed by atoms with E-state index in [1.807, 2.05) is 43.1 Å². The quantitative estimate of drug-likeness (QED) is 0.597. The first kappa shape index (κ1) is 17.2. The summed E-state index contributed by atoms with van der Waals surface area (Å²) in [6.07, 6.45) is 1.90. The van der Waals surface area contributed by atoms with Crippen LogP contribution in [0.3, 0.4) is 0 Å². The average Bonchev–Trinajstić information content (AvgIpc) is 2.98. The average molecular weight is 360 g/mol. The molecule has 0 saturated carbocycles. The second-order valence-corrected chi connectivity index (χ2v) is 7.53. The predicted molar refractivity (Wildman–Crippen MR) is 102 cm³/mol. The first-order chi connectivity index (χ1) is 11.7. The third-order valence-corrected chi connectivity index (χ3v) is 5.57. The third kappa shape index (κ3) is 3.87. The minimum absolute atomic E-state index is 0.665. The molecular formula is C18H21N3OS2. The predicted octanol–water partition coefficient (Wildman–Crippen LogP) is 5.07. The van der Waals surface area contributed by atoms with E-state index in [4.69, 9.17) is 4.74 Å². The molecule has 0 amide bonds. The van der Waals surface area contributed by atoms with Crippen molar-refractivity contribution >= 4 is 34.6 Å². The van der Waals surface area contributed by atoms with Crippen molar-refractivity contribution in [3.05, 3.63) is 41.7 Å². The minimum Gasteiger partial charge on any atom is -0.494 e. The summed E-state index contributed by atoms with van der Waals surface area (Å²) in [5.41, 5.74) is 4.35. The van der Waals surface area contributed by atoms with Crippen LogP contribution in [0, 0.1) is 6.92 Å². The molecule has 3 rings (SSSR count). The highest BCUT2D eigenvalue weighted by Gasteiger charge is 2.09. The monoisotopic (exact) mass is 359 g/mol. The number of nitrogens with zero attached hydrogens (tertiary/aromatic N) is 2. The summed E-state index contributed by atoms with van der Waals surface area (Å²) >= 11 is 3.54. The van der Waals surface area contributed by atoms with Crippen molar-refractivity contribution in [2.75, 3.05) is 12.4 Å². The van der Waals surface area contributed by atoms with Crippen LogP contribution in [0.15, 0.2) is 40.5 Å². The van der Waals surface area contributed by atoms with Gasteiger partial charge in [0.2, 0.25) is 0 Å². The Kier molecular flexibility index (Phi) is 5.68. The highest BCUT2D eigenvalue weighted by atomic mass is 32.2. The number of nitrogens with one attached hydrogen (secondary N) is 1. The molecule has 1 N–H and O–H groups in total. The van der Waals surface area contributed by atoms with Gasteiger partial charge in [-0.2, -0.15) is 0 Å². The Morgan fingerprint density at radius 2 is 2.04 bits per heavy atom. The fourth-order valence-corrected chi connectivity index (χ4v) is 4.16. The van der Waals surface area contributed by atoms with Gasteiger partial charge in [0, 0.05) is 22.9 Å². The summed E-state index contributed by atoms with van der Waals surface area (Å²) in [4.78, 5) is 13.8. The van der Waals surface area contributed by atoms with E-state index in [2.05, 4.69) is 34.9 Å². The van der Waals surface area contributed by atoms with E-state index in [1.54, 1.807) is 11.8 Å². The van der Waals surface area contributed by atoms with Crippen LogP contribution in [0.5, 0.6) is 5.75 Å². The molecule has 0 radical (unpaired) electrons. The van der Waals surface area contributed by atoms with Crippen molar-refractivity contribution in [1.82, 2.24) is 15.0 Å². The number of hydrogen-bond donors (Lipinski definition) is 1. The van der Waals surface area contributed by atoms with E-state index >= 15 is 0 Å². The third-order valence-electron chi connectivity index (χ3n) is 3.65. The number of pyridine rings is 1. The fraction of sp³-hybridized carbons (Fsp3) is 0.333. The largest absolute Gasteiger partial charge is 0.494 e. The lowest BCUT2D eigenvalue weighted by Gasteiger charge is -2.08. The minimum atomic E-state index is 0.665. The highest BCUT2D eigenvalue weighted by Crippen LogP contribution is 2.28. The van der Waals surface area contributed by atoms with E-state index in [0.29, 0.717) is 6.61 Å². The number of aromatic amines is 1. The number of ether oxygens (including phenoxy) is 1. The standard InChI is InChI=1S/C18H21N3OS2/c1-4-22-13-6-7-14-15(10-13)21-18(20-14)24-11-16-12(3)17(23-5-2)8-9-19-16/h6-10H,4-5,11H2,1-3H3,(H,20,21). The van der Waals surface area contributed by atoms with Gasteiger partial charge in [-0.1, -0.05) is 18.7 Å². The maximum atomic E-state index is 5.54. The molecule has 126 valence electrons. The van der Waals surface area contributed by atoms with Gasteiger partial charge in [0.05, 0.1) is 23.3 Å². The Hall–Kier alpha value is -1.66. The zero-order valence-electron chi connectivity index (χ0n) is 14.1. The molecule has 6 heteroatoms. The SMILES string of the molecule is CCOc1ccc2nc(SCc3nccc(SCC)c3C)[nH]c2c1. The van der Waals surface area contributed by atoms with Crippen LogP contribution in [0.4, 0.5) is 0 Å². The van der Waals surface area contributed by atoms with Gasteiger partial charge in [-0.15, -0.1) is 11.8 Å².